The Morgan fingerprint density at radius 1 is 1.43 bits per heavy atom. The first kappa shape index (κ1) is 16.3. The molecule has 116 valence electrons. The number of sulfonamides is 1. The van der Waals surface area contributed by atoms with E-state index in [0.717, 1.165) is 18.8 Å². The molecule has 1 saturated carbocycles. The number of hydrogen-bond donors (Lipinski definition) is 2. The fraction of sp³-hybridized carbons (Fsp3) is 0.500. The van der Waals surface area contributed by atoms with Crippen LogP contribution in [-0.2, 0) is 10.0 Å². The zero-order valence-electron chi connectivity index (χ0n) is 11.9. The van der Waals surface area contributed by atoms with Gasteiger partial charge in [-0.1, -0.05) is 24.4 Å². The first-order chi connectivity index (χ1) is 9.79. The maximum atomic E-state index is 12.2. The smallest absolute Gasteiger partial charge is 0.251 e. The fourth-order valence-electron chi connectivity index (χ4n) is 2.28. The highest BCUT2D eigenvalue weighted by Gasteiger charge is 2.21. The van der Waals surface area contributed by atoms with E-state index >= 15 is 0 Å². The summed E-state index contributed by atoms with van der Waals surface area (Å²) in [5.74, 6) is 0.500. The summed E-state index contributed by atoms with van der Waals surface area (Å²) in [6, 6.07) is 2.72. The molecule has 0 aromatic heterocycles. The summed E-state index contributed by atoms with van der Waals surface area (Å²) in [6.45, 7) is 2.13. The Morgan fingerprint density at radius 2 is 2.10 bits per heavy atom. The van der Waals surface area contributed by atoms with Gasteiger partial charge in [0.25, 0.3) is 5.91 Å². The van der Waals surface area contributed by atoms with Crippen LogP contribution in [0.25, 0.3) is 0 Å². The van der Waals surface area contributed by atoms with E-state index in [0.29, 0.717) is 12.1 Å². The van der Waals surface area contributed by atoms with Gasteiger partial charge in [-0.3, -0.25) is 4.79 Å². The Balaban J connectivity index is 2.10. The number of hydrogen-bond acceptors (Lipinski definition) is 3. The first-order valence-electron chi connectivity index (χ1n) is 6.90. The van der Waals surface area contributed by atoms with E-state index in [2.05, 4.69) is 5.32 Å². The van der Waals surface area contributed by atoms with Crippen molar-refractivity contribution in [2.45, 2.75) is 37.5 Å². The van der Waals surface area contributed by atoms with Crippen molar-refractivity contribution in [3.8, 4) is 0 Å². The molecule has 1 aromatic rings. The van der Waals surface area contributed by atoms with Crippen LogP contribution in [0.1, 0.15) is 41.6 Å². The summed E-state index contributed by atoms with van der Waals surface area (Å²) in [5, 5.41) is 8.11. The normalized spacial score (nSPS) is 15.0. The average molecular weight is 331 g/mol. The van der Waals surface area contributed by atoms with E-state index < -0.39 is 10.0 Å². The summed E-state index contributed by atoms with van der Waals surface area (Å²) in [6.07, 6.45) is 4.63. The van der Waals surface area contributed by atoms with E-state index in [-0.39, 0.29) is 21.4 Å². The zero-order chi connectivity index (χ0) is 15.6. The van der Waals surface area contributed by atoms with Crippen LogP contribution in [0.5, 0.6) is 0 Å². The molecule has 2 rings (SSSR count). The molecule has 1 amide bonds. The van der Waals surface area contributed by atoms with Gasteiger partial charge in [-0.15, -0.1) is 0 Å². The first-order valence-corrected chi connectivity index (χ1v) is 8.82. The highest BCUT2D eigenvalue weighted by Crippen LogP contribution is 2.33. The van der Waals surface area contributed by atoms with Crippen molar-refractivity contribution in [3.63, 3.8) is 0 Å². The lowest BCUT2D eigenvalue weighted by atomic mass is 10.1. The van der Waals surface area contributed by atoms with Crippen LogP contribution in [-0.4, -0.2) is 20.9 Å². The molecular weight excluding hydrogens is 312 g/mol. The van der Waals surface area contributed by atoms with Gasteiger partial charge in [0.05, 0.1) is 4.90 Å². The third-order valence-electron chi connectivity index (χ3n) is 3.65. The fourth-order valence-corrected chi connectivity index (χ4v) is 3.39. The highest BCUT2D eigenvalue weighted by molar-refractivity contribution is 7.89. The maximum Gasteiger partial charge on any atom is 0.251 e. The Morgan fingerprint density at radius 3 is 2.67 bits per heavy atom. The van der Waals surface area contributed by atoms with Gasteiger partial charge < -0.3 is 5.32 Å². The molecule has 5 nitrogen and oxygen atoms in total. The summed E-state index contributed by atoms with van der Waals surface area (Å²) in [4.78, 5) is 12.0. The third kappa shape index (κ3) is 4.43. The number of carbonyl (C=O) groups is 1. The van der Waals surface area contributed by atoms with Gasteiger partial charge in [0, 0.05) is 17.1 Å². The summed E-state index contributed by atoms with van der Waals surface area (Å²) >= 11 is 5.88. The van der Waals surface area contributed by atoms with Crippen LogP contribution in [0, 0.1) is 12.8 Å². The van der Waals surface area contributed by atoms with E-state index in [1.807, 2.05) is 0 Å². The maximum absolute atomic E-state index is 12.2. The van der Waals surface area contributed by atoms with Gasteiger partial charge in [-0.05, 0) is 43.4 Å². The summed E-state index contributed by atoms with van der Waals surface area (Å²) in [5.41, 5.74) is 0.569. The largest absolute Gasteiger partial charge is 0.352 e. The number of rotatable bonds is 6. The van der Waals surface area contributed by atoms with Crippen molar-refractivity contribution in [3.05, 3.63) is 28.3 Å². The Kier molecular flexibility index (Phi) is 4.91. The molecule has 0 atom stereocenters. The number of halogens is 1. The molecule has 1 aromatic carbocycles. The molecule has 1 aliphatic rings. The molecular formula is C14H19ClN2O3S. The molecule has 1 aliphatic carbocycles. The van der Waals surface area contributed by atoms with Crippen molar-refractivity contribution < 1.29 is 13.2 Å². The lowest BCUT2D eigenvalue weighted by Crippen LogP contribution is -2.26. The minimum absolute atomic E-state index is 0.113. The zero-order valence-corrected chi connectivity index (χ0v) is 13.4. The van der Waals surface area contributed by atoms with Crippen molar-refractivity contribution in [1.29, 1.82) is 0 Å². The quantitative estimate of drug-likeness (QED) is 0.784. The molecule has 0 radical (unpaired) electrons. The van der Waals surface area contributed by atoms with Crippen LogP contribution in [0.4, 0.5) is 0 Å². The van der Waals surface area contributed by atoms with Gasteiger partial charge in [0.15, 0.2) is 0 Å². The molecule has 21 heavy (non-hydrogen) atoms. The van der Waals surface area contributed by atoms with Crippen molar-refractivity contribution in [2.75, 3.05) is 6.54 Å². The van der Waals surface area contributed by atoms with Crippen LogP contribution < -0.4 is 10.5 Å². The van der Waals surface area contributed by atoms with Crippen molar-refractivity contribution in [1.82, 2.24) is 5.32 Å². The predicted molar refractivity (Wildman–Crippen MR) is 81.9 cm³/mol. The molecule has 0 unspecified atom stereocenters. The van der Waals surface area contributed by atoms with E-state index in [9.17, 15) is 13.2 Å². The molecule has 0 spiro atoms. The SMILES string of the molecule is Cc1c(C(=O)NCCCC2CC2)cc(Cl)cc1S(N)(=O)=O. The van der Waals surface area contributed by atoms with Crippen LogP contribution >= 0.6 is 11.6 Å². The Hall–Kier alpha value is -1.11. The molecule has 0 saturated heterocycles. The molecule has 0 heterocycles. The van der Waals surface area contributed by atoms with Gasteiger partial charge in [0.2, 0.25) is 10.0 Å². The Labute approximate surface area is 129 Å². The average Bonchev–Trinajstić information content (AvgIpc) is 3.19. The van der Waals surface area contributed by atoms with Crippen LogP contribution in [0.3, 0.4) is 0 Å². The Bertz CT molecular complexity index is 654. The number of carbonyl (C=O) groups excluding carboxylic acids is 1. The van der Waals surface area contributed by atoms with Gasteiger partial charge >= 0.3 is 0 Å². The second-order valence-corrected chi connectivity index (χ2v) is 7.43. The van der Waals surface area contributed by atoms with E-state index in [1.165, 1.54) is 25.0 Å². The molecule has 7 heteroatoms. The predicted octanol–water partition coefficient (Wildman–Crippen LogP) is 2.22. The molecule has 0 bridgehead atoms. The minimum Gasteiger partial charge on any atom is -0.352 e. The lowest BCUT2D eigenvalue weighted by molar-refractivity contribution is 0.0952. The van der Waals surface area contributed by atoms with Crippen molar-refractivity contribution in [2.24, 2.45) is 11.1 Å². The van der Waals surface area contributed by atoms with Gasteiger partial charge in [-0.2, -0.15) is 0 Å². The molecule has 3 N–H and O–H groups in total. The molecule has 1 fully saturated rings. The summed E-state index contributed by atoms with van der Waals surface area (Å²) in [7, 11) is -3.90. The topological polar surface area (TPSA) is 89.3 Å². The number of primary sulfonamides is 1. The number of amides is 1. The summed E-state index contributed by atoms with van der Waals surface area (Å²) < 4.78 is 23.0. The number of nitrogens with two attached hydrogens (primary N) is 1. The second-order valence-electron chi connectivity index (χ2n) is 5.46. The van der Waals surface area contributed by atoms with E-state index in [4.69, 9.17) is 16.7 Å². The van der Waals surface area contributed by atoms with E-state index in [1.54, 1.807) is 6.92 Å². The lowest BCUT2D eigenvalue weighted by Gasteiger charge is -2.11. The van der Waals surface area contributed by atoms with Crippen LogP contribution in [0.15, 0.2) is 17.0 Å². The number of nitrogens with one attached hydrogen (secondary N) is 1. The molecule has 0 aliphatic heterocycles. The standard InChI is InChI=1S/C14H19ClN2O3S/c1-9-12(7-11(15)8-13(9)21(16,19)20)14(18)17-6-2-3-10-4-5-10/h7-8,10H,2-6H2,1H3,(H,17,18)(H2,16,19,20). The van der Waals surface area contributed by atoms with Crippen LogP contribution in [0.2, 0.25) is 5.02 Å². The third-order valence-corrected chi connectivity index (χ3v) is 4.90. The minimum atomic E-state index is -3.90. The monoisotopic (exact) mass is 330 g/mol. The van der Waals surface area contributed by atoms with Crippen molar-refractivity contribution >= 4 is 27.5 Å². The van der Waals surface area contributed by atoms with Gasteiger partial charge in [0.1, 0.15) is 0 Å². The highest BCUT2D eigenvalue weighted by atomic mass is 35.5. The van der Waals surface area contributed by atoms with Gasteiger partial charge in [-0.25, -0.2) is 13.6 Å². The second kappa shape index (κ2) is 6.34. The number of benzene rings is 1.